The second-order valence-corrected chi connectivity index (χ2v) is 16.9. The average molecular weight is 811 g/mol. The molecule has 2 saturated heterocycles. The first-order valence-electron chi connectivity index (χ1n) is 17.9. The van der Waals surface area contributed by atoms with Crippen LogP contribution >= 0.6 is 25.3 Å². The van der Waals surface area contributed by atoms with Crippen LogP contribution in [0.1, 0.15) is 34.5 Å². The highest BCUT2D eigenvalue weighted by molar-refractivity contribution is 7.93. The number of rotatable bonds is 11. The Morgan fingerprint density at radius 1 is 1.02 bits per heavy atom. The van der Waals surface area contributed by atoms with E-state index in [1.54, 1.807) is 89.9 Å². The lowest BCUT2D eigenvalue weighted by Gasteiger charge is -2.47. The van der Waals surface area contributed by atoms with Gasteiger partial charge in [0, 0.05) is 43.9 Å². The SMILES string of the molecule is CN1C(=O)[C@@]2(S)C[C@]3(C4=CC=C(OCCCn5cc(CNC(=O)c6ccccc6)nn5)C=CN4)c4ccccc4N(S(=O)(=O)c4ccccc4)[C@@H]3N2C(=O)[C@@H]1S. The minimum absolute atomic E-state index is 0.0342. The summed E-state index contributed by atoms with van der Waals surface area (Å²) in [5.41, 5.74) is 1.47. The Bertz CT molecular complexity index is 2410. The van der Waals surface area contributed by atoms with E-state index >= 15 is 0 Å². The summed E-state index contributed by atoms with van der Waals surface area (Å²) in [5.74, 6) is -0.674. The molecule has 4 aliphatic heterocycles. The van der Waals surface area contributed by atoms with E-state index in [9.17, 15) is 22.8 Å². The van der Waals surface area contributed by atoms with Crippen molar-refractivity contribution in [3.63, 3.8) is 0 Å². The number of carbonyl (C=O) groups is 3. The summed E-state index contributed by atoms with van der Waals surface area (Å²) >= 11 is 9.43. The molecule has 4 aliphatic rings. The molecule has 2 fully saturated rings. The fourth-order valence-corrected chi connectivity index (χ4v) is 10.4. The highest BCUT2D eigenvalue weighted by Gasteiger charge is 2.74. The van der Waals surface area contributed by atoms with Gasteiger partial charge in [0.15, 0.2) is 10.2 Å². The van der Waals surface area contributed by atoms with Gasteiger partial charge in [-0.1, -0.05) is 59.8 Å². The monoisotopic (exact) mass is 810 g/mol. The molecule has 5 heterocycles. The molecule has 0 radical (unpaired) electrons. The number of aryl methyl sites for hydroxylation is 1. The molecule has 3 aromatic carbocycles. The van der Waals surface area contributed by atoms with Crippen molar-refractivity contribution < 1.29 is 27.5 Å². The molecule has 0 spiro atoms. The van der Waals surface area contributed by atoms with Crippen LogP contribution in [0.15, 0.2) is 132 Å². The van der Waals surface area contributed by atoms with Gasteiger partial charge in [0.2, 0.25) is 0 Å². The molecular weight excluding hydrogens is 773 g/mol. The van der Waals surface area contributed by atoms with Gasteiger partial charge in [-0.05, 0) is 54.1 Å². The summed E-state index contributed by atoms with van der Waals surface area (Å²) in [4.78, 5) is 41.6. The third kappa shape index (κ3) is 6.13. The van der Waals surface area contributed by atoms with E-state index < -0.39 is 43.7 Å². The zero-order valence-electron chi connectivity index (χ0n) is 30.1. The smallest absolute Gasteiger partial charge is 0.266 e. The molecule has 0 saturated carbocycles. The van der Waals surface area contributed by atoms with Gasteiger partial charge in [-0.2, -0.15) is 0 Å². The number of sulfonamides is 1. The summed E-state index contributed by atoms with van der Waals surface area (Å²) in [6.45, 7) is 1.10. The lowest BCUT2D eigenvalue weighted by Crippen LogP contribution is -2.69. The third-order valence-corrected chi connectivity index (χ3v) is 13.4. The van der Waals surface area contributed by atoms with Gasteiger partial charge in [0.05, 0.1) is 35.3 Å². The zero-order valence-corrected chi connectivity index (χ0v) is 32.7. The molecule has 14 nitrogen and oxygen atoms in total. The van der Waals surface area contributed by atoms with Crippen LogP contribution in [0.25, 0.3) is 0 Å². The number of hydrogen-bond donors (Lipinski definition) is 4. The summed E-state index contributed by atoms with van der Waals surface area (Å²) in [5, 5.41) is 13.4. The fourth-order valence-electron chi connectivity index (χ4n) is 7.88. The number of carbonyl (C=O) groups excluding carboxylic acids is 3. The first-order valence-corrected chi connectivity index (χ1v) is 20.3. The molecule has 2 N–H and O–H groups in total. The van der Waals surface area contributed by atoms with E-state index in [1.807, 2.05) is 18.2 Å². The summed E-state index contributed by atoms with van der Waals surface area (Å²) < 4.78 is 38.5. The Balaban J connectivity index is 1.05. The number of piperazine rings is 1. The van der Waals surface area contributed by atoms with Crippen molar-refractivity contribution in [1.82, 2.24) is 35.4 Å². The number of amides is 3. The average Bonchev–Trinajstić information content (AvgIpc) is 3.80. The van der Waals surface area contributed by atoms with Crippen molar-refractivity contribution in [3.05, 3.63) is 144 Å². The minimum atomic E-state index is -4.29. The number of likely N-dealkylation sites (N-methyl/N-ethyl adjacent to an activating group) is 1. The number of nitrogens with zero attached hydrogens (tertiary/aromatic N) is 6. The zero-order chi connectivity index (χ0) is 39.2. The normalized spacial score (nSPS) is 24.1. The van der Waals surface area contributed by atoms with E-state index in [-0.39, 0.29) is 23.8 Å². The second-order valence-electron chi connectivity index (χ2n) is 13.8. The predicted molar refractivity (Wildman–Crippen MR) is 213 cm³/mol. The van der Waals surface area contributed by atoms with Gasteiger partial charge in [-0.3, -0.25) is 24.0 Å². The molecule has 0 aliphatic carbocycles. The summed E-state index contributed by atoms with van der Waals surface area (Å²) in [6.07, 6.45) is 8.15. The molecule has 4 aromatic rings. The van der Waals surface area contributed by atoms with E-state index in [0.717, 1.165) is 0 Å². The van der Waals surface area contributed by atoms with Crippen molar-refractivity contribution >= 4 is 58.7 Å². The van der Waals surface area contributed by atoms with Crippen molar-refractivity contribution in [3.8, 4) is 0 Å². The van der Waals surface area contributed by atoms with Crippen LogP contribution in [-0.4, -0.2) is 81.0 Å². The first-order chi connectivity index (χ1) is 27.0. The Kier molecular flexibility index (Phi) is 9.70. The number of nitrogens with one attached hydrogen (secondary N) is 2. The number of para-hydroxylation sites is 1. The number of aromatic nitrogens is 3. The predicted octanol–water partition coefficient (Wildman–Crippen LogP) is 3.56. The van der Waals surface area contributed by atoms with E-state index in [4.69, 9.17) is 17.4 Å². The fraction of sp³-hybridized carbons (Fsp3) is 0.256. The number of fused-ring (bicyclic) bond motifs is 5. The van der Waals surface area contributed by atoms with Crippen molar-refractivity contribution in [1.29, 1.82) is 0 Å². The van der Waals surface area contributed by atoms with E-state index in [1.165, 1.54) is 33.3 Å². The Labute approximate surface area is 334 Å². The van der Waals surface area contributed by atoms with Crippen molar-refractivity contribution in [2.45, 2.75) is 52.7 Å². The van der Waals surface area contributed by atoms with Gasteiger partial charge in [-0.25, -0.2) is 12.7 Å². The van der Waals surface area contributed by atoms with Gasteiger partial charge in [0.1, 0.15) is 17.6 Å². The highest BCUT2D eigenvalue weighted by atomic mass is 32.2. The maximum Gasteiger partial charge on any atom is 0.266 e. The van der Waals surface area contributed by atoms with Crippen LogP contribution < -0.4 is 14.9 Å². The molecular formula is C39H38N8O6S3. The lowest BCUT2D eigenvalue weighted by atomic mass is 9.74. The van der Waals surface area contributed by atoms with Crippen molar-refractivity contribution in [2.24, 2.45) is 0 Å². The molecule has 56 heavy (non-hydrogen) atoms. The Hall–Kier alpha value is -5.52. The van der Waals surface area contributed by atoms with E-state index in [2.05, 4.69) is 33.6 Å². The first kappa shape index (κ1) is 37.4. The number of thiol groups is 2. The number of benzene rings is 3. The highest BCUT2D eigenvalue weighted by Crippen LogP contribution is 2.63. The molecule has 288 valence electrons. The van der Waals surface area contributed by atoms with E-state index in [0.29, 0.717) is 53.5 Å². The van der Waals surface area contributed by atoms with Crippen LogP contribution in [0.2, 0.25) is 0 Å². The third-order valence-electron chi connectivity index (χ3n) is 10.5. The van der Waals surface area contributed by atoms with Crippen LogP contribution in [-0.2, 0) is 42.9 Å². The van der Waals surface area contributed by atoms with Crippen LogP contribution in [0.3, 0.4) is 0 Å². The van der Waals surface area contributed by atoms with Gasteiger partial charge in [0.25, 0.3) is 27.7 Å². The number of allylic oxidation sites excluding steroid dienone is 3. The molecule has 0 bridgehead atoms. The lowest BCUT2D eigenvalue weighted by molar-refractivity contribution is -0.157. The molecule has 1 aromatic heterocycles. The van der Waals surface area contributed by atoms with Crippen LogP contribution in [0, 0.1) is 0 Å². The molecule has 8 rings (SSSR count). The Morgan fingerprint density at radius 2 is 1.73 bits per heavy atom. The maximum absolute atomic E-state index is 14.7. The van der Waals surface area contributed by atoms with Gasteiger partial charge >= 0.3 is 0 Å². The molecule has 4 atom stereocenters. The quantitative estimate of drug-likeness (QED) is 0.131. The molecule has 3 amide bonds. The molecule has 0 unspecified atom stereocenters. The second kappa shape index (κ2) is 14.5. The Morgan fingerprint density at radius 3 is 2.50 bits per heavy atom. The maximum atomic E-state index is 14.7. The number of anilines is 1. The van der Waals surface area contributed by atoms with Crippen LogP contribution in [0.5, 0.6) is 0 Å². The van der Waals surface area contributed by atoms with Gasteiger partial charge < -0.3 is 20.3 Å². The minimum Gasteiger partial charge on any atom is -0.493 e. The van der Waals surface area contributed by atoms with Crippen molar-refractivity contribution in [2.75, 3.05) is 18.0 Å². The van der Waals surface area contributed by atoms with Crippen LogP contribution in [0.4, 0.5) is 5.69 Å². The molecule has 17 heteroatoms. The summed E-state index contributed by atoms with van der Waals surface area (Å²) in [6, 6.07) is 24.1. The number of ether oxygens (including phenoxy) is 1. The largest absolute Gasteiger partial charge is 0.493 e. The van der Waals surface area contributed by atoms with Gasteiger partial charge in [-0.15, -0.1) is 30.4 Å². The topological polar surface area (TPSA) is 159 Å². The summed E-state index contributed by atoms with van der Waals surface area (Å²) in [7, 11) is -2.80. The standard InChI is InChI=1S/C39H38N8O6S3/c1-44-35(54)34(49)46-36-38(25-39(46,55)37(44)50,30-15-8-9-16-31(30)47(36)56(51,52)29-13-6-3-7-14-29)32-18-17-28(19-20-40-32)53-22-10-21-45-24-27(42-43-45)23-41-33(48)26-11-4-2-5-12-26/h2-9,11-20,24,35-36,40,54-55H,10,21-23,25H2,1H3,(H,41,48)/t35-,36-,38+,39-/m0/s1. The number of hydrogen-bond acceptors (Lipinski definition) is 11.